The molecule has 4 amide bonds. The number of hydrogen-bond acceptors (Lipinski definition) is 5. The van der Waals surface area contributed by atoms with E-state index in [0.717, 1.165) is 15.8 Å². The molecule has 0 atom stereocenters. The Balaban J connectivity index is 1.78. The van der Waals surface area contributed by atoms with E-state index in [2.05, 4.69) is 5.32 Å². The molecule has 31 heavy (non-hydrogen) atoms. The van der Waals surface area contributed by atoms with Crippen molar-refractivity contribution < 1.29 is 23.9 Å². The zero-order valence-corrected chi connectivity index (χ0v) is 17.1. The number of urea groups is 1. The molecular weight excluding hydrogens is 422 g/mol. The molecule has 9 heteroatoms. The zero-order chi connectivity index (χ0) is 22.1. The molecule has 156 valence electrons. The molecular formula is C22H16ClN3O5. The van der Waals surface area contributed by atoms with Gasteiger partial charge in [0.05, 0.1) is 12.8 Å². The number of ether oxygens (including phenoxy) is 1. The number of esters is 1. The summed E-state index contributed by atoms with van der Waals surface area (Å²) < 4.78 is 6.40. The summed E-state index contributed by atoms with van der Waals surface area (Å²) in [4.78, 5) is 50.5. The van der Waals surface area contributed by atoms with E-state index >= 15 is 0 Å². The molecule has 1 aliphatic rings. The molecule has 1 aromatic heterocycles. The topological polar surface area (TPSA) is 97.7 Å². The lowest BCUT2D eigenvalue weighted by molar-refractivity contribution is -0.141. The van der Waals surface area contributed by atoms with Crippen molar-refractivity contribution in [1.82, 2.24) is 9.88 Å². The Morgan fingerprint density at radius 2 is 1.81 bits per heavy atom. The van der Waals surface area contributed by atoms with Gasteiger partial charge in [0.15, 0.2) is 0 Å². The van der Waals surface area contributed by atoms with Gasteiger partial charge in [0.2, 0.25) is 0 Å². The number of rotatable bonds is 4. The summed E-state index contributed by atoms with van der Waals surface area (Å²) in [6.07, 6.45) is 3.06. The molecule has 1 aliphatic heterocycles. The predicted octanol–water partition coefficient (Wildman–Crippen LogP) is 3.13. The third-order valence-corrected chi connectivity index (χ3v) is 5.08. The molecule has 3 aromatic rings. The first-order chi connectivity index (χ1) is 14.9. The molecule has 0 unspecified atom stereocenters. The molecule has 8 nitrogen and oxygen atoms in total. The second-order valence-electron chi connectivity index (χ2n) is 6.74. The molecule has 0 radical (unpaired) electrons. The van der Waals surface area contributed by atoms with E-state index in [-0.39, 0.29) is 17.8 Å². The Morgan fingerprint density at radius 3 is 2.52 bits per heavy atom. The Bertz CT molecular complexity index is 1260. The largest absolute Gasteiger partial charge is 0.468 e. The van der Waals surface area contributed by atoms with Crippen molar-refractivity contribution >= 4 is 58.1 Å². The summed E-state index contributed by atoms with van der Waals surface area (Å²) in [7, 11) is 1.30. The lowest BCUT2D eigenvalue weighted by Gasteiger charge is -2.26. The summed E-state index contributed by atoms with van der Waals surface area (Å²) in [5, 5.41) is 3.36. The molecule has 0 bridgehead atoms. The second-order valence-corrected chi connectivity index (χ2v) is 7.18. The number of nitrogens with one attached hydrogen (secondary N) is 1. The molecule has 0 spiro atoms. The van der Waals surface area contributed by atoms with Gasteiger partial charge in [-0.25, -0.2) is 9.69 Å². The predicted molar refractivity (Wildman–Crippen MR) is 114 cm³/mol. The van der Waals surface area contributed by atoms with Gasteiger partial charge in [-0.1, -0.05) is 29.8 Å². The highest BCUT2D eigenvalue weighted by atomic mass is 35.5. The molecule has 0 saturated carbocycles. The van der Waals surface area contributed by atoms with Crippen LogP contribution in [0.5, 0.6) is 0 Å². The Labute approximate surface area is 181 Å². The number of anilines is 1. The summed E-state index contributed by atoms with van der Waals surface area (Å²) in [6.45, 7) is -0.0320. The molecule has 1 fully saturated rings. The Kier molecular flexibility index (Phi) is 5.31. The van der Waals surface area contributed by atoms with Gasteiger partial charge in [0.1, 0.15) is 12.1 Å². The van der Waals surface area contributed by atoms with Gasteiger partial charge in [-0.05, 0) is 36.4 Å². The van der Waals surface area contributed by atoms with Crippen molar-refractivity contribution in [3.8, 4) is 0 Å². The normalized spacial score (nSPS) is 15.5. The molecule has 0 aliphatic carbocycles. The fourth-order valence-corrected chi connectivity index (χ4v) is 3.49. The monoisotopic (exact) mass is 437 g/mol. The maximum absolute atomic E-state index is 13.1. The number of nitrogens with zero attached hydrogens (tertiary/aromatic N) is 2. The number of para-hydroxylation sites is 1. The SMILES string of the molecule is COC(=O)Cn1cc(/C=C2/C(=O)NC(=O)N(c3ccc(Cl)cc3)C2=O)c2ccccc21. The van der Waals surface area contributed by atoms with Crippen LogP contribution in [0.3, 0.4) is 0 Å². The van der Waals surface area contributed by atoms with Crippen LogP contribution in [-0.4, -0.2) is 35.5 Å². The Morgan fingerprint density at radius 1 is 1.10 bits per heavy atom. The fourth-order valence-electron chi connectivity index (χ4n) is 3.36. The fraction of sp³-hybridized carbons (Fsp3) is 0.0909. The number of amides is 4. The van der Waals surface area contributed by atoms with E-state index in [4.69, 9.17) is 16.3 Å². The summed E-state index contributed by atoms with van der Waals surface area (Å²) in [5.74, 6) is -2.00. The first-order valence-electron chi connectivity index (χ1n) is 9.21. The van der Waals surface area contributed by atoms with E-state index in [1.165, 1.54) is 37.5 Å². The minimum absolute atomic E-state index is 0.0320. The number of halogens is 1. The van der Waals surface area contributed by atoms with Crippen LogP contribution in [0.1, 0.15) is 5.56 Å². The summed E-state index contributed by atoms with van der Waals surface area (Å²) >= 11 is 5.88. The van der Waals surface area contributed by atoms with Gasteiger partial charge in [-0.2, -0.15) is 0 Å². The molecule has 2 aromatic carbocycles. The highest BCUT2D eigenvalue weighted by Crippen LogP contribution is 2.27. The lowest BCUT2D eigenvalue weighted by atomic mass is 10.1. The maximum Gasteiger partial charge on any atom is 0.335 e. The minimum Gasteiger partial charge on any atom is -0.468 e. The molecule has 4 rings (SSSR count). The van der Waals surface area contributed by atoms with E-state index in [9.17, 15) is 19.2 Å². The van der Waals surface area contributed by atoms with E-state index in [1.807, 2.05) is 18.2 Å². The van der Waals surface area contributed by atoms with Crippen molar-refractivity contribution in [3.05, 3.63) is 70.9 Å². The number of benzene rings is 2. The number of hydrogen-bond donors (Lipinski definition) is 1. The number of methoxy groups -OCH3 is 1. The van der Waals surface area contributed by atoms with Crippen molar-refractivity contribution in [1.29, 1.82) is 0 Å². The van der Waals surface area contributed by atoms with Crippen LogP contribution in [0.15, 0.2) is 60.3 Å². The lowest BCUT2D eigenvalue weighted by Crippen LogP contribution is -2.54. The first-order valence-corrected chi connectivity index (χ1v) is 9.58. The molecule has 2 heterocycles. The highest BCUT2D eigenvalue weighted by Gasteiger charge is 2.37. The van der Waals surface area contributed by atoms with Crippen LogP contribution in [-0.2, 0) is 25.7 Å². The molecule has 1 saturated heterocycles. The van der Waals surface area contributed by atoms with Crippen LogP contribution >= 0.6 is 11.6 Å². The van der Waals surface area contributed by atoms with E-state index < -0.39 is 23.8 Å². The third-order valence-electron chi connectivity index (χ3n) is 4.83. The second kappa shape index (κ2) is 8.08. The van der Waals surface area contributed by atoms with Gasteiger partial charge in [-0.15, -0.1) is 0 Å². The maximum atomic E-state index is 13.1. The average molecular weight is 438 g/mol. The standard InChI is InChI=1S/C22H16ClN3O5/c1-31-19(27)12-25-11-13(16-4-2-3-5-18(16)25)10-17-20(28)24-22(30)26(21(17)29)15-8-6-14(23)7-9-15/h2-11H,12H2,1H3,(H,24,28,30)/b17-10-. The van der Waals surface area contributed by atoms with Gasteiger partial charge in [0.25, 0.3) is 11.8 Å². The Hall–Kier alpha value is -3.91. The summed E-state index contributed by atoms with van der Waals surface area (Å²) in [5.41, 5.74) is 1.34. The van der Waals surface area contributed by atoms with Crippen molar-refractivity contribution in [3.63, 3.8) is 0 Å². The van der Waals surface area contributed by atoms with Crippen LogP contribution in [0.4, 0.5) is 10.5 Å². The zero-order valence-electron chi connectivity index (χ0n) is 16.3. The van der Waals surface area contributed by atoms with Crippen molar-refractivity contribution in [2.75, 3.05) is 12.0 Å². The minimum atomic E-state index is -0.845. The van der Waals surface area contributed by atoms with Crippen LogP contribution in [0, 0.1) is 0 Å². The summed E-state index contributed by atoms with van der Waals surface area (Å²) in [6, 6.07) is 12.5. The first kappa shape index (κ1) is 20.4. The third kappa shape index (κ3) is 3.80. The number of carbonyl (C=O) groups is 4. The number of fused-ring (bicyclic) bond motifs is 1. The van der Waals surface area contributed by atoms with Gasteiger partial charge in [0, 0.05) is 27.7 Å². The number of aromatic nitrogens is 1. The van der Waals surface area contributed by atoms with Crippen LogP contribution in [0.2, 0.25) is 5.02 Å². The van der Waals surface area contributed by atoms with Gasteiger partial charge in [-0.3, -0.25) is 19.7 Å². The molecule has 1 N–H and O–H groups in total. The number of carbonyl (C=O) groups excluding carboxylic acids is 4. The van der Waals surface area contributed by atoms with Crippen LogP contribution < -0.4 is 10.2 Å². The quantitative estimate of drug-likeness (QED) is 0.384. The van der Waals surface area contributed by atoms with Crippen LogP contribution in [0.25, 0.3) is 17.0 Å². The van der Waals surface area contributed by atoms with Gasteiger partial charge < -0.3 is 9.30 Å². The van der Waals surface area contributed by atoms with E-state index in [0.29, 0.717) is 10.6 Å². The average Bonchev–Trinajstić information content (AvgIpc) is 3.09. The number of imide groups is 2. The number of barbiturate groups is 1. The van der Waals surface area contributed by atoms with Crippen molar-refractivity contribution in [2.24, 2.45) is 0 Å². The van der Waals surface area contributed by atoms with E-state index in [1.54, 1.807) is 16.8 Å². The smallest absolute Gasteiger partial charge is 0.335 e. The van der Waals surface area contributed by atoms with Crippen molar-refractivity contribution in [2.45, 2.75) is 6.54 Å². The van der Waals surface area contributed by atoms with Gasteiger partial charge >= 0.3 is 12.0 Å². The highest BCUT2D eigenvalue weighted by molar-refractivity contribution is 6.39.